The summed E-state index contributed by atoms with van der Waals surface area (Å²) in [5, 5.41) is 3.88. The van der Waals surface area contributed by atoms with Crippen molar-refractivity contribution in [3.63, 3.8) is 0 Å². The highest BCUT2D eigenvalue weighted by Gasteiger charge is 2.21. The Bertz CT molecular complexity index is 1040. The highest BCUT2D eigenvalue weighted by Crippen LogP contribution is 2.37. The van der Waals surface area contributed by atoms with E-state index in [2.05, 4.69) is 5.32 Å². The van der Waals surface area contributed by atoms with E-state index in [0.29, 0.717) is 22.7 Å². The normalized spacial score (nSPS) is 12.4. The van der Waals surface area contributed by atoms with E-state index in [1.165, 1.54) is 6.92 Å². The summed E-state index contributed by atoms with van der Waals surface area (Å²) >= 11 is 0. The van der Waals surface area contributed by atoms with Crippen molar-refractivity contribution in [2.75, 3.05) is 12.1 Å². The highest BCUT2D eigenvalue weighted by molar-refractivity contribution is 6.05. The summed E-state index contributed by atoms with van der Waals surface area (Å²) in [7, 11) is 1.95. The molecule has 0 spiro atoms. The lowest BCUT2D eigenvalue weighted by atomic mass is 10.1. The average Bonchev–Trinajstić information content (AvgIpc) is 3.19. The Kier molecular flexibility index (Phi) is 3.88. The topological polar surface area (TPSA) is 69.6 Å². The third-order valence-corrected chi connectivity index (χ3v) is 4.50. The Morgan fingerprint density at radius 3 is 2.65 bits per heavy atom. The molecule has 1 aromatic heterocycles. The molecule has 0 fully saturated rings. The van der Waals surface area contributed by atoms with Gasteiger partial charge in [0.05, 0.1) is 12.1 Å². The molecule has 26 heavy (non-hydrogen) atoms. The van der Waals surface area contributed by atoms with Crippen LogP contribution in [0.25, 0.3) is 10.9 Å². The van der Waals surface area contributed by atoms with Crippen LogP contribution in [0.3, 0.4) is 0 Å². The molecule has 1 amide bonds. The van der Waals surface area contributed by atoms with E-state index in [1.54, 1.807) is 12.1 Å². The SMILES string of the molecule is CC(=O)c1cc2c(cc1NC(=O)Cc1cn(C)c3ccccc13)OCO2. The van der Waals surface area contributed by atoms with Crippen LogP contribution in [0, 0.1) is 0 Å². The summed E-state index contributed by atoms with van der Waals surface area (Å²) in [5.74, 6) is 0.698. The molecule has 0 bridgehead atoms. The fraction of sp³-hybridized carbons (Fsp3) is 0.200. The molecule has 0 atom stereocenters. The van der Waals surface area contributed by atoms with Gasteiger partial charge >= 0.3 is 0 Å². The van der Waals surface area contributed by atoms with Crippen LogP contribution < -0.4 is 14.8 Å². The zero-order valence-corrected chi connectivity index (χ0v) is 14.5. The predicted molar refractivity (Wildman–Crippen MR) is 97.8 cm³/mol. The summed E-state index contributed by atoms with van der Waals surface area (Å²) in [6, 6.07) is 11.2. The van der Waals surface area contributed by atoms with E-state index in [4.69, 9.17) is 9.47 Å². The summed E-state index contributed by atoms with van der Waals surface area (Å²) in [5.41, 5.74) is 2.85. The van der Waals surface area contributed by atoms with Crippen LogP contribution in [0.1, 0.15) is 22.8 Å². The van der Waals surface area contributed by atoms with Crippen LogP contribution >= 0.6 is 0 Å². The maximum absolute atomic E-state index is 12.6. The quantitative estimate of drug-likeness (QED) is 0.733. The smallest absolute Gasteiger partial charge is 0.231 e. The maximum Gasteiger partial charge on any atom is 0.231 e. The second-order valence-electron chi connectivity index (χ2n) is 6.31. The monoisotopic (exact) mass is 350 g/mol. The lowest BCUT2D eigenvalue weighted by Gasteiger charge is -2.10. The number of nitrogens with one attached hydrogen (secondary N) is 1. The summed E-state index contributed by atoms with van der Waals surface area (Å²) in [6.07, 6.45) is 2.17. The van der Waals surface area contributed by atoms with Gasteiger partial charge in [-0.05, 0) is 24.6 Å². The van der Waals surface area contributed by atoms with Crippen LogP contribution in [-0.4, -0.2) is 23.1 Å². The Hall–Kier alpha value is -3.28. The number of hydrogen-bond acceptors (Lipinski definition) is 4. The minimum absolute atomic E-state index is 0.111. The van der Waals surface area contributed by atoms with Crippen molar-refractivity contribution in [2.45, 2.75) is 13.3 Å². The van der Waals surface area contributed by atoms with Gasteiger partial charge in [0, 0.05) is 35.8 Å². The van der Waals surface area contributed by atoms with Gasteiger partial charge < -0.3 is 19.4 Å². The van der Waals surface area contributed by atoms with Gasteiger partial charge in [-0.25, -0.2) is 0 Å². The van der Waals surface area contributed by atoms with E-state index < -0.39 is 0 Å². The van der Waals surface area contributed by atoms with E-state index in [1.807, 2.05) is 42.1 Å². The molecule has 0 saturated carbocycles. The Morgan fingerprint density at radius 1 is 1.15 bits per heavy atom. The number of hydrogen-bond donors (Lipinski definition) is 1. The number of nitrogens with zero attached hydrogens (tertiary/aromatic N) is 1. The zero-order valence-electron chi connectivity index (χ0n) is 14.5. The van der Waals surface area contributed by atoms with Crippen molar-refractivity contribution in [3.05, 3.63) is 53.7 Å². The zero-order chi connectivity index (χ0) is 18.3. The molecular weight excluding hydrogens is 332 g/mol. The standard InChI is InChI=1S/C20H18N2O4/c1-12(23)15-8-18-19(26-11-25-18)9-16(15)21-20(24)7-13-10-22(2)17-6-4-3-5-14(13)17/h3-6,8-10H,7,11H2,1-2H3,(H,21,24). The molecule has 3 aromatic rings. The molecule has 0 radical (unpaired) electrons. The van der Waals surface area contributed by atoms with Crippen molar-refractivity contribution in [3.8, 4) is 11.5 Å². The van der Waals surface area contributed by atoms with Crippen LogP contribution in [0.4, 0.5) is 5.69 Å². The lowest BCUT2D eigenvalue weighted by Crippen LogP contribution is -2.16. The van der Waals surface area contributed by atoms with Crippen LogP contribution in [0.15, 0.2) is 42.6 Å². The molecule has 2 aromatic carbocycles. The van der Waals surface area contributed by atoms with Crippen LogP contribution in [0.5, 0.6) is 11.5 Å². The fourth-order valence-corrected chi connectivity index (χ4v) is 3.27. The van der Waals surface area contributed by atoms with E-state index in [9.17, 15) is 9.59 Å². The molecule has 0 aliphatic carbocycles. The van der Waals surface area contributed by atoms with Gasteiger partial charge in [-0.3, -0.25) is 9.59 Å². The number of anilines is 1. The van der Waals surface area contributed by atoms with Crippen molar-refractivity contribution in [2.24, 2.45) is 7.05 Å². The number of carbonyl (C=O) groups excluding carboxylic acids is 2. The van der Waals surface area contributed by atoms with Crippen molar-refractivity contribution >= 4 is 28.3 Å². The third-order valence-electron chi connectivity index (χ3n) is 4.50. The van der Waals surface area contributed by atoms with Gasteiger partial charge in [-0.1, -0.05) is 18.2 Å². The summed E-state index contributed by atoms with van der Waals surface area (Å²) < 4.78 is 12.7. The molecule has 2 heterocycles. The van der Waals surface area contributed by atoms with Crippen LogP contribution in [0.2, 0.25) is 0 Å². The highest BCUT2D eigenvalue weighted by atomic mass is 16.7. The van der Waals surface area contributed by atoms with E-state index in [-0.39, 0.29) is 24.9 Å². The molecule has 6 nitrogen and oxygen atoms in total. The minimum Gasteiger partial charge on any atom is -0.454 e. The maximum atomic E-state index is 12.6. The molecule has 0 unspecified atom stereocenters. The van der Waals surface area contributed by atoms with Crippen molar-refractivity contribution < 1.29 is 19.1 Å². The number of para-hydroxylation sites is 1. The molecule has 4 rings (SSSR count). The van der Waals surface area contributed by atoms with Crippen LogP contribution in [-0.2, 0) is 18.3 Å². The van der Waals surface area contributed by atoms with Gasteiger partial charge in [0.2, 0.25) is 12.7 Å². The number of aryl methyl sites for hydroxylation is 1. The second-order valence-corrected chi connectivity index (χ2v) is 6.31. The number of benzene rings is 2. The first kappa shape index (κ1) is 16.2. The van der Waals surface area contributed by atoms with Gasteiger partial charge in [-0.15, -0.1) is 0 Å². The third kappa shape index (κ3) is 2.79. The summed E-state index contributed by atoms with van der Waals surface area (Å²) in [4.78, 5) is 24.5. The van der Waals surface area contributed by atoms with Gasteiger partial charge in [0.25, 0.3) is 0 Å². The van der Waals surface area contributed by atoms with Crippen molar-refractivity contribution in [1.29, 1.82) is 0 Å². The molecule has 132 valence electrons. The largest absolute Gasteiger partial charge is 0.454 e. The van der Waals surface area contributed by atoms with E-state index in [0.717, 1.165) is 16.5 Å². The Morgan fingerprint density at radius 2 is 1.88 bits per heavy atom. The number of fused-ring (bicyclic) bond motifs is 2. The number of amides is 1. The second kappa shape index (κ2) is 6.22. The first-order valence-electron chi connectivity index (χ1n) is 8.30. The molecule has 6 heteroatoms. The first-order valence-corrected chi connectivity index (χ1v) is 8.30. The molecule has 1 N–H and O–H groups in total. The Balaban J connectivity index is 1.61. The average molecular weight is 350 g/mol. The molecular formula is C20H18N2O4. The molecule has 0 saturated heterocycles. The number of Topliss-reactive ketones (excluding diaryl/α,β-unsaturated/α-hetero) is 1. The lowest BCUT2D eigenvalue weighted by molar-refractivity contribution is -0.115. The number of ketones is 1. The first-order chi connectivity index (χ1) is 12.5. The number of aromatic nitrogens is 1. The number of rotatable bonds is 4. The predicted octanol–water partition coefficient (Wildman–Crippen LogP) is 3.29. The minimum atomic E-state index is -0.192. The number of ether oxygens (including phenoxy) is 2. The molecule has 1 aliphatic heterocycles. The summed E-state index contributed by atoms with van der Waals surface area (Å²) in [6.45, 7) is 1.57. The van der Waals surface area contributed by atoms with Gasteiger partial charge in [-0.2, -0.15) is 0 Å². The molecule has 1 aliphatic rings. The number of carbonyl (C=O) groups is 2. The Labute approximate surface area is 150 Å². The van der Waals surface area contributed by atoms with E-state index >= 15 is 0 Å². The van der Waals surface area contributed by atoms with Crippen molar-refractivity contribution in [1.82, 2.24) is 4.57 Å². The van der Waals surface area contributed by atoms with Gasteiger partial charge in [0.1, 0.15) is 0 Å². The van der Waals surface area contributed by atoms with Gasteiger partial charge in [0.15, 0.2) is 17.3 Å². The fourth-order valence-electron chi connectivity index (χ4n) is 3.27.